The Kier molecular flexibility index (Phi) is 4.15. The number of nitrogens with one attached hydrogen (secondary N) is 1. The number of hydrogen-bond acceptors (Lipinski definition) is 3. The number of rotatable bonds is 5. The second kappa shape index (κ2) is 5.63. The first-order valence-electron chi connectivity index (χ1n) is 6.72. The fourth-order valence-corrected chi connectivity index (χ4v) is 2.57. The van der Waals surface area contributed by atoms with Crippen LogP contribution in [0.3, 0.4) is 0 Å². The Morgan fingerprint density at radius 2 is 1.94 bits per heavy atom. The standard InChI is InChI=1S/C15H22N2O/c1-12(13-7-3-2-4-8-13)17-11-14(18)15(16)9-5-6-10-15/h2-4,7-8,12,17H,5-6,9-11,16H2,1H3. The van der Waals surface area contributed by atoms with Crippen LogP contribution in [0.1, 0.15) is 44.2 Å². The minimum atomic E-state index is -0.566. The van der Waals surface area contributed by atoms with Crippen molar-refractivity contribution in [2.45, 2.75) is 44.2 Å². The van der Waals surface area contributed by atoms with Crippen molar-refractivity contribution in [2.24, 2.45) is 5.73 Å². The number of ketones is 1. The minimum Gasteiger partial charge on any atom is -0.319 e. The predicted molar refractivity (Wildman–Crippen MR) is 73.3 cm³/mol. The van der Waals surface area contributed by atoms with E-state index < -0.39 is 5.54 Å². The molecule has 1 aliphatic rings. The van der Waals surface area contributed by atoms with E-state index in [0.29, 0.717) is 6.54 Å². The molecule has 0 spiro atoms. The lowest BCUT2D eigenvalue weighted by molar-refractivity contribution is -0.123. The van der Waals surface area contributed by atoms with Gasteiger partial charge in [0.1, 0.15) is 0 Å². The highest BCUT2D eigenvalue weighted by Crippen LogP contribution is 2.27. The van der Waals surface area contributed by atoms with Crippen LogP contribution in [0.25, 0.3) is 0 Å². The summed E-state index contributed by atoms with van der Waals surface area (Å²) in [6.07, 6.45) is 3.84. The Morgan fingerprint density at radius 1 is 1.33 bits per heavy atom. The molecule has 1 unspecified atom stereocenters. The minimum absolute atomic E-state index is 0.155. The van der Waals surface area contributed by atoms with Crippen LogP contribution in [-0.2, 0) is 4.79 Å². The van der Waals surface area contributed by atoms with Crippen molar-refractivity contribution in [2.75, 3.05) is 6.54 Å². The molecule has 0 radical (unpaired) electrons. The predicted octanol–water partition coefficient (Wildman–Crippen LogP) is 2.18. The number of carbonyl (C=O) groups excluding carboxylic acids is 1. The van der Waals surface area contributed by atoms with Gasteiger partial charge in [0.2, 0.25) is 0 Å². The highest BCUT2D eigenvalue weighted by Gasteiger charge is 2.36. The van der Waals surface area contributed by atoms with Crippen LogP contribution in [0.5, 0.6) is 0 Å². The van der Waals surface area contributed by atoms with Gasteiger partial charge in [-0.05, 0) is 25.3 Å². The third-order valence-electron chi connectivity index (χ3n) is 3.92. The van der Waals surface area contributed by atoms with Crippen molar-refractivity contribution in [3.05, 3.63) is 35.9 Å². The molecule has 1 aromatic rings. The van der Waals surface area contributed by atoms with Crippen LogP contribution in [0.4, 0.5) is 0 Å². The SMILES string of the molecule is CC(NCC(=O)C1(N)CCCC1)c1ccccc1. The van der Waals surface area contributed by atoms with E-state index in [9.17, 15) is 4.79 Å². The second-order valence-corrected chi connectivity index (χ2v) is 5.30. The molecule has 1 aliphatic carbocycles. The molecular weight excluding hydrogens is 224 g/mol. The van der Waals surface area contributed by atoms with E-state index in [1.54, 1.807) is 0 Å². The first kappa shape index (κ1) is 13.2. The fraction of sp³-hybridized carbons (Fsp3) is 0.533. The van der Waals surface area contributed by atoms with Crippen molar-refractivity contribution in [3.8, 4) is 0 Å². The van der Waals surface area contributed by atoms with Gasteiger partial charge in [0.05, 0.1) is 12.1 Å². The van der Waals surface area contributed by atoms with Gasteiger partial charge in [0, 0.05) is 6.04 Å². The van der Waals surface area contributed by atoms with Crippen molar-refractivity contribution in [1.29, 1.82) is 0 Å². The van der Waals surface area contributed by atoms with Crippen molar-refractivity contribution in [1.82, 2.24) is 5.32 Å². The van der Waals surface area contributed by atoms with Gasteiger partial charge < -0.3 is 11.1 Å². The average Bonchev–Trinajstić information content (AvgIpc) is 2.85. The molecule has 18 heavy (non-hydrogen) atoms. The topological polar surface area (TPSA) is 55.1 Å². The number of nitrogens with two attached hydrogens (primary N) is 1. The number of benzene rings is 1. The Labute approximate surface area is 109 Å². The Bertz CT molecular complexity index is 396. The maximum absolute atomic E-state index is 12.1. The van der Waals surface area contributed by atoms with Gasteiger partial charge >= 0.3 is 0 Å². The second-order valence-electron chi connectivity index (χ2n) is 5.30. The molecule has 1 atom stereocenters. The van der Waals surface area contributed by atoms with Gasteiger partial charge in [-0.1, -0.05) is 43.2 Å². The molecule has 3 nitrogen and oxygen atoms in total. The van der Waals surface area contributed by atoms with Crippen LogP contribution >= 0.6 is 0 Å². The quantitative estimate of drug-likeness (QED) is 0.837. The zero-order valence-corrected chi connectivity index (χ0v) is 11.0. The summed E-state index contributed by atoms with van der Waals surface area (Å²) < 4.78 is 0. The molecule has 0 amide bonds. The molecule has 2 rings (SSSR count). The Balaban J connectivity index is 1.86. The number of Topliss-reactive ketones (excluding diaryl/α,β-unsaturated/α-hetero) is 1. The van der Waals surface area contributed by atoms with E-state index in [1.807, 2.05) is 18.2 Å². The molecule has 1 saturated carbocycles. The molecule has 0 bridgehead atoms. The maximum Gasteiger partial charge on any atom is 0.166 e. The van der Waals surface area contributed by atoms with Gasteiger partial charge in [-0.15, -0.1) is 0 Å². The lowest BCUT2D eigenvalue weighted by atomic mass is 9.93. The summed E-state index contributed by atoms with van der Waals surface area (Å²) in [5, 5.41) is 3.27. The summed E-state index contributed by atoms with van der Waals surface area (Å²) in [5.41, 5.74) is 6.77. The average molecular weight is 246 g/mol. The molecule has 0 aliphatic heterocycles. The van der Waals surface area contributed by atoms with Crippen molar-refractivity contribution >= 4 is 5.78 Å². The summed E-state index contributed by atoms with van der Waals surface area (Å²) in [6.45, 7) is 2.44. The lowest BCUT2D eigenvalue weighted by Gasteiger charge is -2.23. The first-order valence-corrected chi connectivity index (χ1v) is 6.72. The van der Waals surface area contributed by atoms with Crippen LogP contribution < -0.4 is 11.1 Å². The normalized spacial score (nSPS) is 19.7. The van der Waals surface area contributed by atoms with Gasteiger partial charge in [-0.3, -0.25) is 4.79 Å². The molecule has 3 heteroatoms. The molecule has 1 fully saturated rings. The molecule has 1 aromatic carbocycles. The van der Waals surface area contributed by atoms with E-state index >= 15 is 0 Å². The van der Waals surface area contributed by atoms with E-state index in [-0.39, 0.29) is 11.8 Å². The summed E-state index contributed by atoms with van der Waals surface area (Å²) in [7, 11) is 0. The van der Waals surface area contributed by atoms with Gasteiger partial charge in [0.25, 0.3) is 0 Å². The highest BCUT2D eigenvalue weighted by molar-refractivity contribution is 5.90. The molecule has 0 aromatic heterocycles. The zero-order chi connectivity index (χ0) is 13.0. The van der Waals surface area contributed by atoms with E-state index in [0.717, 1.165) is 25.7 Å². The van der Waals surface area contributed by atoms with E-state index in [2.05, 4.69) is 24.4 Å². The first-order chi connectivity index (χ1) is 8.62. The van der Waals surface area contributed by atoms with E-state index in [1.165, 1.54) is 5.56 Å². The lowest BCUT2D eigenvalue weighted by Crippen LogP contribution is -2.49. The van der Waals surface area contributed by atoms with Gasteiger partial charge in [-0.2, -0.15) is 0 Å². The Hall–Kier alpha value is -1.19. The molecule has 0 heterocycles. The molecule has 0 saturated heterocycles. The smallest absolute Gasteiger partial charge is 0.166 e. The summed E-state index contributed by atoms with van der Waals surface area (Å²) >= 11 is 0. The van der Waals surface area contributed by atoms with Crippen LogP contribution in [0, 0.1) is 0 Å². The van der Waals surface area contributed by atoms with Crippen molar-refractivity contribution in [3.63, 3.8) is 0 Å². The van der Waals surface area contributed by atoms with Crippen LogP contribution in [0.2, 0.25) is 0 Å². The number of carbonyl (C=O) groups is 1. The Morgan fingerprint density at radius 3 is 2.56 bits per heavy atom. The zero-order valence-electron chi connectivity index (χ0n) is 11.0. The third-order valence-corrected chi connectivity index (χ3v) is 3.92. The summed E-state index contributed by atoms with van der Waals surface area (Å²) in [5.74, 6) is 0.155. The van der Waals surface area contributed by atoms with Gasteiger partial charge in [0.15, 0.2) is 5.78 Å². The fourth-order valence-electron chi connectivity index (χ4n) is 2.57. The van der Waals surface area contributed by atoms with Crippen LogP contribution in [0.15, 0.2) is 30.3 Å². The maximum atomic E-state index is 12.1. The summed E-state index contributed by atoms with van der Waals surface area (Å²) in [4.78, 5) is 12.1. The number of hydrogen-bond donors (Lipinski definition) is 2. The largest absolute Gasteiger partial charge is 0.319 e. The van der Waals surface area contributed by atoms with Crippen molar-refractivity contribution < 1.29 is 4.79 Å². The molecule has 3 N–H and O–H groups in total. The molecule has 98 valence electrons. The van der Waals surface area contributed by atoms with E-state index in [4.69, 9.17) is 5.73 Å². The highest BCUT2D eigenvalue weighted by atomic mass is 16.1. The van der Waals surface area contributed by atoms with Crippen LogP contribution in [-0.4, -0.2) is 17.9 Å². The summed E-state index contributed by atoms with van der Waals surface area (Å²) in [6, 6.07) is 10.3. The third kappa shape index (κ3) is 2.98. The monoisotopic (exact) mass is 246 g/mol. The molecular formula is C15H22N2O. The van der Waals surface area contributed by atoms with Gasteiger partial charge in [-0.25, -0.2) is 0 Å².